The minimum Gasteiger partial charge on any atom is -0.409 e. The average Bonchev–Trinajstić information content (AvgIpc) is 3.27. The molecule has 1 saturated heterocycles. The molecule has 0 aromatic carbocycles. The number of anilines is 2. The third kappa shape index (κ3) is 6.44. The molecule has 196 valence electrons. The van der Waals surface area contributed by atoms with E-state index in [9.17, 15) is 14.5 Å². The van der Waals surface area contributed by atoms with Gasteiger partial charge in [-0.1, -0.05) is 31.2 Å². The number of amidine groups is 1. The van der Waals surface area contributed by atoms with Crippen molar-refractivity contribution < 1.29 is 14.5 Å². The van der Waals surface area contributed by atoms with Crippen LogP contribution in [0.2, 0.25) is 0 Å². The molecule has 1 unspecified atom stereocenters. The number of aryl methyl sites for hydroxylation is 1. The molecule has 0 aliphatic carbocycles. The van der Waals surface area contributed by atoms with Crippen molar-refractivity contribution in [3.63, 3.8) is 0 Å². The first kappa shape index (κ1) is 27.7. The maximum Gasteiger partial charge on any atom is 0.227 e. The molecule has 0 saturated carbocycles. The first-order valence-corrected chi connectivity index (χ1v) is 13.7. The van der Waals surface area contributed by atoms with Gasteiger partial charge in [-0.2, -0.15) is 4.98 Å². The van der Waals surface area contributed by atoms with Crippen LogP contribution in [-0.2, 0) is 17.2 Å². The average molecular weight is 516 g/mol. The van der Waals surface area contributed by atoms with Gasteiger partial charge in [0.15, 0.2) is 5.84 Å². The Labute approximate surface area is 215 Å². The SMILES string of the molecule is C\C=C/C=C(C=N)/C(N=C(C)C1CCN(c2nc3c(c(N[C@@H](CO)C(C)C)n2)S(=O)CC3)CC1)=N/O. The van der Waals surface area contributed by atoms with Gasteiger partial charge in [0.1, 0.15) is 10.7 Å². The van der Waals surface area contributed by atoms with Crippen molar-refractivity contribution in [2.24, 2.45) is 22.0 Å². The Bertz CT molecular complexity index is 1090. The first-order chi connectivity index (χ1) is 17.3. The predicted octanol–water partition coefficient (Wildman–Crippen LogP) is 3.19. The molecule has 3 rings (SSSR count). The van der Waals surface area contributed by atoms with Crippen molar-refractivity contribution in [1.82, 2.24) is 9.97 Å². The van der Waals surface area contributed by atoms with Crippen molar-refractivity contribution in [3.05, 3.63) is 29.5 Å². The fourth-order valence-electron chi connectivity index (χ4n) is 4.31. The zero-order valence-corrected chi connectivity index (χ0v) is 22.3. The van der Waals surface area contributed by atoms with Gasteiger partial charge in [0.25, 0.3) is 0 Å². The summed E-state index contributed by atoms with van der Waals surface area (Å²) in [5, 5.41) is 33.5. The second-order valence-corrected chi connectivity index (χ2v) is 10.9. The van der Waals surface area contributed by atoms with Gasteiger partial charge in [-0.15, -0.1) is 0 Å². The number of aromatic nitrogens is 2. The highest BCUT2D eigenvalue weighted by molar-refractivity contribution is 7.85. The van der Waals surface area contributed by atoms with Crippen molar-refractivity contribution in [2.45, 2.75) is 57.9 Å². The number of aliphatic hydroxyl groups is 1. The van der Waals surface area contributed by atoms with E-state index in [0.717, 1.165) is 43.6 Å². The highest BCUT2D eigenvalue weighted by atomic mass is 32.2. The molecule has 0 bridgehead atoms. The predicted molar refractivity (Wildman–Crippen MR) is 145 cm³/mol. The number of hydrogen-bond acceptors (Lipinski definition) is 9. The van der Waals surface area contributed by atoms with E-state index >= 15 is 0 Å². The third-order valence-corrected chi connectivity index (χ3v) is 8.09. The minimum absolute atomic E-state index is 0.0365. The van der Waals surface area contributed by atoms with Crippen LogP contribution in [0.1, 0.15) is 46.2 Å². The Morgan fingerprint density at radius 1 is 1.33 bits per heavy atom. The molecule has 1 fully saturated rings. The van der Waals surface area contributed by atoms with Gasteiger partial charge in [0.05, 0.1) is 29.1 Å². The molecule has 1 aromatic rings. The van der Waals surface area contributed by atoms with E-state index in [4.69, 9.17) is 15.4 Å². The van der Waals surface area contributed by atoms with E-state index in [2.05, 4.69) is 20.4 Å². The summed E-state index contributed by atoms with van der Waals surface area (Å²) in [4.78, 5) is 16.8. The number of aliphatic hydroxyl groups excluding tert-OH is 1. The molecular formula is C25H37N7O3S. The van der Waals surface area contributed by atoms with E-state index < -0.39 is 10.8 Å². The fourth-order valence-corrected chi connectivity index (χ4v) is 5.62. The smallest absolute Gasteiger partial charge is 0.227 e. The molecule has 10 nitrogen and oxygen atoms in total. The Hall–Kier alpha value is -2.92. The number of nitrogens with one attached hydrogen (secondary N) is 2. The van der Waals surface area contributed by atoms with Crippen molar-refractivity contribution in [3.8, 4) is 0 Å². The second kappa shape index (κ2) is 12.9. The van der Waals surface area contributed by atoms with Crippen LogP contribution in [0.3, 0.4) is 0 Å². The quantitative estimate of drug-likeness (QED) is 0.130. The second-order valence-electron chi connectivity index (χ2n) is 9.36. The Balaban J connectivity index is 1.77. The molecule has 0 spiro atoms. The lowest BCUT2D eigenvalue weighted by molar-refractivity contribution is 0.249. The van der Waals surface area contributed by atoms with Crippen molar-refractivity contribution in [2.75, 3.05) is 35.7 Å². The molecule has 2 aliphatic rings. The number of allylic oxidation sites excluding steroid dienone is 3. The monoisotopic (exact) mass is 515 g/mol. The van der Waals surface area contributed by atoms with Gasteiger partial charge in [-0.3, -0.25) is 4.21 Å². The molecule has 4 N–H and O–H groups in total. The summed E-state index contributed by atoms with van der Waals surface area (Å²) in [5.41, 5.74) is 2.10. The normalized spacial score (nSPS) is 20.8. The molecule has 2 atom stereocenters. The van der Waals surface area contributed by atoms with Gasteiger partial charge < -0.3 is 25.9 Å². The standard InChI is InChI=1S/C25H37N7O3S/c1-5-6-7-19(14-26)23(31-34)27-17(4)18-8-11-32(12-9-18)25-29-20-10-13-36(35)22(20)24(30-25)28-21(15-33)16(2)3/h5-7,14,16,18,21,26,33-34H,8-13,15H2,1-4H3,(H,28,29,30)/b6-5-,19-7+,26-14?,27-17?,31-23-/t21-,36?/m0/s1. The summed E-state index contributed by atoms with van der Waals surface area (Å²) in [6.07, 6.45) is 8.72. The van der Waals surface area contributed by atoms with Crippen LogP contribution in [0.15, 0.2) is 38.8 Å². The zero-order valence-electron chi connectivity index (χ0n) is 21.4. The Morgan fingerprint density at radius 2 is 2.06 bits per heavy atom. The zero-order chi connectivity index (χ0) is 26.2. The molecule has 36 heavy (non-hydrogen) atoms. The maximum atomic E-state index is 12.6. The van der Waals surface area contributed by atoms with E-state index in [-0.39, 0.29) is 30.3 Å². The lowest BCUT2D eigenvalue weighted by atomic mass is 9.92. The minimum atomic E-state index is -1.14. The van der Waals surface area contributed by atoms with Gasteiger partial charge >= 0.3 is 0 Å². The van der Waals surface area contributed by atoms with Gasteiger partial charge in [-0.25, -0.2) is 9.98 Å². The Kier molecular flexibility index (Phi) is 9.89. The van der Waals surface area contributed by atoms with Crippen LogP contribution in [-0.4, -0.2) is 73.7 Å². The maximum absolute atomic E-state index is 12.6. The van der Waals surface area contributed by atoms with E-state index in [1.54, 1.807) is 12.2 Å². The van der Waals surface area contributed by atoms with Gasteiger partial charge in [0, 0.05) is 48.7 Å². The number of piperidine rings is 1. The van der Waals surface area contributed by atoms with Crippen LogP contribution in [0.25, 0.3) is 0 Å². The molecular weight excluding hydrogens is 478 g/mol. The largest absolute Gasteiger partial charge is 0.409 e. The van der Waals surface area contributed by atoms with Gasteiger partial charge in [-0.05, 0) is 38.7 Å². The Morgan fingerprint density at radius 3 is 2.64 bits per heavy atom. The molecule has 0 amide bonds. The van der Waals surface area contributed by atoms with Crippen molar-refractivity contribution in [1.29, 1.82) is 5.41 Å². The molecule has 1 aromatic heterocycles. The topological polar surface area (TPSA) is 147 Å². The number of rotatable bonds is 9. The fraction of sp³-hybridized carbons (Fsp3) is 0.560. The number of fused-ring (bicyclic) bond motifs is 1. The van der Waals surface area contributed by atoms with Crippen LogP contribution in [0.5, 0.6) is 0 Å². The molecule has 2 aliphatic heterocycles. The summed E-state index contributed by atoms with van der Waals surface area (Å²) in [6.45, 7) is 9.26. The van der Waals surface area contributed by atoms with Crippen LogP contribution in [0, 0.1) is 17.2 Å². The molecule has 11 heteroatoms. The van der Waals surface area contributed by atoms with E-state index in [1.807, 2.05) is 33.8 Å². The number of hydrogen-bond donors (Lipinski definition) is 4. The van der Waals surface area contributed by atoms with Crippen LogP contribution < -0.4 is 10.2 Å². The lowest BCUT2D eigenvalue weighted by Gasteiger charge is -2.32. The van der Waals surface area contributed by atoms with Gasteiger partial charge in [0.2, 0.25) is 5.95 Å². The first-order valence-electron chi connectivity index (χ1n) is 12.4. The summed E-state index contributed by atoms with van der Waals surface area (Å²) >= 11 is 0. The summed E-state index contributed by atoms with van der Waals surface area (Å²) < 4.78 is 12.6. The number of oxime groups is 1. The molecule has 3 heterocycles. The lowest BCUT2D eigenvalue weighted by Crippen LogP contribution is -2.37. The summed E-state index contributed by atoms with van der Waals surface area (Å²) in [5.74, 6) is 2.23. The van der Waals surface area contributed by atoms with E-state index in [1.165, 1.54) is 0 Å². The number of nitrogens with zero attached hydrogens (tertiary/aromatic N) is 5. The highest BCUT2D eigenvalue weighted by Crippen LogP contribution is 2.32. The summed E-state index contributed by atoms with van der Waals surface area (Å²) in [7, 11) is -1.14. The van der Waals surface area contributed by atoms with E-state index in [0.29, 0.717) is 34.4 Å². The van der Waals surface area contributed by atoms with Crippen LogP contribution >= 0.6 is 0 Å². The number of aliphatic imine (C=N–C) groups is 1. The molecule has 0 radical (unpaired) electrons. The van der Waals surface area contributed by atoms with Crippen LogP contribution in [0.4, 0.5) is 11.8 Å². The third-order valence-electron chi connectivity index (χ3n) is 6.63. The van der Waals surface area contributed by atoms with Crippen molar-refractivity contribution >= 4 is 40.3 Å². The highest BCUT2D eigenvalue weighted by Gasteiger charge is 2.30. The summed E-state index contributed by atoms with van der Waals surface area (Å²) in [6, 6.07) is -0.186.